The summed E-state index contributed by atoms with van der Waals surface area (Å²) in [7, 11) is 0. The molecular formula is C29H38ClN3O2. The van der Waals surface area contributed by atoms with Crippen LogP contribution in [0.15, 0.2) is 53.3 Å². The number of hydrogen-bond donors (Lipinski definition) is 0. The minimum atomic E-state index is -0.400. The summed E-state index contributed by atoms with van der Waals surface area (Å²) in [6.45, 7) is 15.5. The Morgan fingerprint density at radius 2 is 1.74 bits per heavy atom. The number of amides is 1. The van der Waals surface area contributed by atoms with Crippen LogP contribution in [0, 0.1) is 17.3 Å². The van der Waals surface area contributed by atoms with Gasteiger partial charge in [0.25, 0.3) is 5.56 Å². The van der Waals surface area contributed by atoms with Crippen LogP contribution in [0.4, 0.5) is 0 Å². The van der Waals surface area contributed by atoms with Crippen LogP contribution in [-0.2, 0) is 4.79 Å². The van der Waals surface area contributed by atoms with Gasteiger partial charge >= 0.3 is 0 Å². The quantitative estimate of drug-likeness (QED) is 0.336. The fourth-order valence-electron chi connectivity index (χ4n) is 4.84. The number of carbonyl (C=O) groups is 1. The van der Waals surface area contributed by atoms with E-state index in [4.69, 9.17) is 16.6 Å². The Morgan fingerprint density at radius 1 is 1.06 bits per heavy atom. The van der Waals surface area contributed by atoms with Gasteiger partial charge in [0, 0.05) is 18.0 Å². The van der Waals surface area contributed by atoms with Crippen molar-refractivity contribution in [3.8, 4) is 5.69 Å². The molecular weight excluding hydrogens is 458 g/mol. The molecule has 1 heterocycles. The molecule has 188 valence electrons. The van der Waals surface area contributed by atoms with Crippen LogP contribution in [0.2, 0.25) is 5.02 Å². The first-order valence-electron chi connectivity index (χ1n) is 12.4. The molecule has 0 fully saturated rings. The summed E-state index contributed by atoms with van der Waals surface area (Å²) in [4.78, 5) is 34.1. The van der Waals surface area contributed by atoms with Gasteiger partial charge in [-0.2, -0.15) is 0 Å². The van der Waals surface area contributed by atoms with Crippen molar-refractivity contribution in [3.63, 3.8) is 0 Å². The van der Waals surface area contributed by atoms with Crippen LogP contribution in [0.1, 0.15) is 73.2 Å². The Hall–Kier alpha value is -2.66. The Morgan fingerprint density at radius 3 is 2.37 bits per heavy atom. The van der Waals surface area contributed by atoms with Gasteiger partial charge in [0.2, 0.25) is 5.91 Å². The molecule has 2 atom stereocenters. The third-order valence-corrected chi connectivity index (χ3v) is 6.31. The van der Waals surface area contributed by atoms with E-state index >= 15 is 0 Å². The summed E-state index contributed by atoms with van der Waals surface area (Å²) in [6, 6.07) is 14.1. The maximum Gasteiger partial charge on any atom is 0.266 e. The highest BCUT2D eigenvalue weighted by atomic mass is 35.5. The summed E-state index contributed by atoms with van der Waals surface area (Å²) >= 11 is 6.29. The van der Waals surface area contributed by atoms with E-state index in [0.29, 0.717) is 40.4 Å². The van der Waals surface area contributed by atoms with E-state index in [2.05, 4.69) is 41.5 Å². The van der Waals surface area contributed by atoms with E-state index in [1.807, 2.05) is 42.2 Å². The lowest BCUT2D eigenvalue weighted by Crippen LogP contribution is -2.40. The van der Waals surface area contributed by atoms with Crippen LogP contribution in [0.5, 0.6) is 0 Å². The van der Waals surface area contributed by atoms with Crippen molar-refractivity contribution in [1.29, 1.82) is 0 Å². The fraction of sp³-hybridized carbons (Fsp3) is 0.483. The molecule has 3 aromatic rings. The van der Waals surface area contributed by atoms with E-state index in [9.17, 15) is 9.59 Å². The predicted octanol–water partition coefficient (Wildman–Crippen LogP) is 7.05. The van der Waals surface area contributed by atoms with Gasteiger partial charge < -0.3 is 4.90 Å². The molecule has 1 aromatic heterocycles. The van der Waals surface area contributed by atoms with Gasteiger partial charge in [0.05, 0.1) is 22.6 Å². The molecule has 0 bridgehead atoms. The second kappa shape index (κ2) is 10.9. The fourth-order valence-corrected chi connectivity index (χ4v) is 5.02. The minimum absolute atomic E-state index is 0.0861. The summed E-state index contributed by atoms with van der Waals surface area (Å²) in [6.07, 6.45) is 1.42. The van der Waals surface area contributed by atoms with Gasteiger partial charge in [-0.05, 0) is 60.9 Å². The second-order valence-electron chi connectivity index (χ2n) is 11.3. The van der Waals surface area contributed by atoms with E-state index in [1.165, 1.54) is 0 Å². The highest BCUT2D eigenvalue weighted by Gasteiger charge is 2.29. The van der Waals surface area contributed by atoms with Crippen molar-refractivity contribution in [2.24, 2.45) is 17.3 Å². The molecule has 0 aliphatic rings. The van der Waals surface area contributed by atoms with Gasteiger partial charge in [-0.15, -0.1) is 0 Å². The smallest absolute Gasteiger partial charge is 0.266 e. The predicted molar refractivity (Wildman–Crippen MR) is 145 cm³/mol. The van der Waals surface area contributed by atoms with Crippen molar-refractivity contribution < 1.29 is 4.79 Å². The first kappa shape index (κ1) is 26.9. The summed E-state index contributed by atoms with van der Waals surface area (Å²) in [5.74, 6) is 1.15. The normalized spacial score (nSPS) is 13.7. The Kier molecular flexibility index (Phi) is 8.42. The first-order chi connectivity index (χ1) is 16.4. The van der Waals surface area contributed by atoms with Gasteiger partial charge in [-0.1, -0.05) is 71.3 Å². The maximum atomic E-state index is 13.7. The maximum absolute atomic E-state index is 13.7. The Bertz CT molecular complexity index is 1240. The van der Waals surface area contributed by atoms with Gasteiger partial charge in [-0.25, -0.2) is 4.98 Å². The number of hydrogen-bond acceptors (Lipinski definition) is 3. The number of carbonyl (C=O) groups excluding carboxylic acids is 1. The zero-order valence-electron chi connectivity index (χ0n) is 22.0. The lowest BCUT2D eigenvalue weighted by Gasteiger charge is -2.33. The highest BCUT2D eigenvalue weighted by Crippen LogP contribution is 2.29. The number of rotatable bonds is 8. The van der Waals surface area contributed by atoms with Crippen LogP contribution >= 0.6 is 11.6 Å². The topological polar surface area (TPSA) is 55.2 Å². The average molecular weight is 496 g/mol. The average Bonchev–Trinajstić information content (AvgIpc) is 2.75. The van der Waals surface area contributed by atoms with Crippen molar-refractivity contribution in [1.82, 2.24) is 14.5 Å². The van der Waals surface area contributed by atoms with Crippen molar-refractivity contribution >= 4 is 28.4 Å². The molecule has 5 nitrogen and oxygen atoms in total. The summed E-state index contributed by atoms with van der Waals surface area (Å²) < 4.78 is 1.61. The zero-order chi connectivity index (χ0) is 25.9. The molecule has 0 saturated heterocycles. The van der Waals surface area contributed by atoms with Gasteiger partial charge in [-0.3, -0.25) is 14.2 Å². The number of fused-ring (bicyclic) bond motifs is 1. The van der Waals surface area contributed by atoms with E-state index < -0.39 is 6.04 Å². The molecule has 0 aliphatic carbocycles. The lowest BCUT2D eigenvalue weighted by atomic mass is 9.84. The molecule has 0 spiro atoms. The van der Waals surface area contributed by atoms with E-state index in [0.717, 1.165) is 6.42 Å². The van der Waals surface area contributed by atoms with Crippen LogP contribution in [0.3, 0.4) is 0 Å². The van der Waals surface area contributed by atoms with Crippen LogP contribution < -0.4 is 5.56 Å². The third-order valence-electron chi connectivity index (χ3n) is 6.08. The number of halogens is 1. The van der Waals surface area contributed by atoms with Crippen molar-refractivity contribution in [2.75, 3.05) is 6.54 Å². The Balaban J connectivity index is 2.12. The largest absolute Gasteiger partial charge is 0.333 e. The molecule has 2 aromatic carbocycles. The molecule has 3 rings (SSSR count). The first-order valence-corrected chi connectivity index (χ1v) is 12.8. The van der Waals surface area contributed by atoms with Gasteiger partial charge in [0.15, 0.2) is 0 Å². The molecule has 0 radical (unpaired) electrons. The number of nitrogens with zero attached hydrogens (tertiary/aromatic N) is 3. The SMILES string of the molecule is CC(C)CN(C(=O)CC(C)CC(C)(C)C)C(C)c1nc2ccccc2c(=O)n1-c1cccc(Cl)c1. The van der Waals surface area contributed by atoms with Crippen molar-refractivity contribution in [2.45, 2.75) is 67.3 Å². The number of benzene rings is 2. The van der Waals surface area contributed by atoms with Crippen LogP contribution in [-0.4, -0.2) is 26.9 Å². The van der Waals surface area contributed by atoms with Crippen LogP contribution in [0.25, 0.3) is 16.6 Å². The molecule has 0 saturated carbocycles. The van der Waals surface area contributed by atoms with E-state index in [1.54, 1.807) is 22.8 Å². The highest BCUT2D eigenvalue weighted by molar-refractivity contribution is 6.30. The summed E-state index contributed by atoms with van der Waals surface area (Å²) in [5, 5.41) is 1.07. The molecule has 6 heteroatoms. The number of para-hydroxylation sites is 1. The summed E-state index contributed by atoms with van der Waals surface area (Å²) in [5.41, 5.74) is 1.25. The molecule has 1 amide bonds. The Labute approximate surface area is 214 Å². The van der Waals surface area contributed by atoms with Gasteiger partial charge in [0.1, 0.15) is 5.82 Å². The monoisotopic (exact) mass is 495 g/mol. The molecule has 35 heavy (non-hydrogen) atoms. The molecule has 2 unspecified atom stereocenters. The second-order valence-corrected chi connectivity index (χ2v) is 11.7. The standard InChI is InChI=1S/C29H38ClN3O2/c1-19(2)18-32(26(34)15-20(3)17-29(5,6)7)21(4)27-31-25-14-9-8-13-24(25)28(35)33(27)23-12-10-11-22(30)16-23/h8-14,16,19-21H,15,17-18H2,1-7H3. The molecule has 0 aliphatic heterocycles. The number of aromatic nitrogens is 2. The van der Waals surface area contributed by atoms with E-state index in [-0.39, 0.29) is 28.7 Å². The third kappa shape index (κ3) is 6.72. The van der Waals surface area contributed by atoms with Crippen molar-refractivity contribution in [3.05, 3.63) is 69.7 Å². The minimum Gasteiger partial charge on any atom is -0.333 e. The zero-order valence-corrected chi connectivity index (χ0v) is 22.8. The molecule has 0 N–H and O–H groups in total. The lowest BCUT2D eigenvalue weighted by molar-refractivity contribution is -0.135.